The number of hydrogen-bond donors (Lipinski definition) is 1. The van der Waals surface area contributed by atoms with Crippen LogP contribution >= 0.6 is 0 Å². The Morgan fingerprint density at radius 1 is 1.03 bits per heavy atom. The van der Waals surface area contributed by atoms with E-state index in [9.17, 15) is 9.59 Å². The van der Waals surface area contributed by atoms with Gasteiger partial charge in [0, 0.05) is 29.9 Å². The number of nitrogens with zero attached hydrogens (tertiary/aromatic N) is 1. The van der Waals surface area contributed by atoms with E-state index in [-0.39, 0.29) is 18.2 Å². The molecule has 0 saturated carbocycles. The second-order valence-electron chi connectivity index (χ2n) is 8.50. The number of anilines is 1. The molecule has 1 aliphatic heterocycles. The van der Waals surface area contributed by atoms with Gasteiger partial charge in [-0.05, 0) is 48.9 Å². The molecule has 1 unspecified atom stereocenters. The highest BCUT2D eigenvalue weighted by Crippen LogP contribution is 2.34. The van der Waals surface area contributed by atoms with Gasteiger partial charge >= 0.3 is 0 Å². The number of carbonyl (C=O) groups is 2. The van der Waals surface area contributed by atoms with E-state index in [1.54, 1.807) is 45.3 Å². The van der Waals surface area contributed by atoms with Gasteiger partial charge in [0.15, 0.2) is 17.6 Å². The largest absolute Gasteiger partial charge is 0.497 e. The highest BCUT2D eigenvalue weighted by Gasteiger charge is 2.29. The molecule has 1 aliphatic rings. The number of amides is 2. The van der Waals surface area contributed by atoms with E-state index in [1.165, 1.54) is 0 Å². The van der Waals surface area contributed by atoms with Crippen molar-refractivity contribution in [2.45, 2.75) is 32.5 Å². The molecule has 8 nitrogen and oxygen atoms in total. The molecule has 0 aliphatic carbocycles. The molecular formula is C28H30N2O6. The lowest BCUT2D eigenvalue weighted by molar-refractivity contribution is -0.138. The number of methoxy groups -OCH3 is 3. The van der Waals surface area contributed by atoms with Crippen molar-refractivity contribution in [2.24, 2.45) is 0 Å². The van der Waals surface area contributed by atoms with E-state index in [0.29, 0.717) is 36.0 Å². The van der Waals surface area contributed by atoms with Gasteiger partial charge in [0.1, 0.15) is 11.5 Å². The molecule has 1 N–H and O–H groups in total. The average molecular weight is 491 g/mol. The van der Waals surface area contributed by atoms with Gasteiger partial charge in [0.05, 0.1) is 27.8 Å². The Kier molecular flexibility index (Phi) is 7.63. The van der Waals surface area contributed by atoms with E-state index in [1.807, 2.05) is 48.5 Å². The Balaban J connectivity index is 1.52. The van der Waals surface area contributed by atoms with Crippen LogP contribution in [-0.2, 0) is 29.1 Å². The standard InChI is InChI=1S/C28H30N2O6/c1-18-28(32)30(16-20-6-5-7-25(34-3)27(20)35-4)17-21-15-22(10-13-24(21)36-18)29-26(31)14-19-8-11-23(33-2)12-9-19/h5-13,15,18H,14,16-17H2,1-4H3,(H,29,31). The van der Waals surface area contributed by atoms with Crippen molar-refractivity contribution < 1.29 is 28.5 Å². The third-order valence-electron chi connectivity index (χ3n) is 6.04. The molecule has 2 amide bonds. The van der Waals surface area contributed by atoms with Gasteiger partial charge in [-0.1, -0.05) is 24.3 Å². The quantitative estimate of drug-likeness (QED) is 0.509. The van der Waals surface area contributed by atoms with Gasteiger partial charge in [0.2, 0.25) is 5.91 Å². The van der Waals surface area contributed by atoms with Crippen LogP contribution in [0.3, 0.4) is 0 Å². The Morgan fingerprint density at radius 3 is 2.50 bits per heavy atom. The highest BCUT2D eigenvalue weighted by atomic mass is 16.5. The maximum atomic E-state index is 13.1. The van der Waals surface area contributed by atoms with Crippen LogP contribution in [0.15, 0.2) is 60.7 Å². The maximum absolute atomic E-state index is 13.1. The van der Waals surface area contributed by atoms with E-state index >= 15 is 0 Å². The van der Waals surface area contributed by atoms with Crippen LogP contribution in [0.1, 0.15) is 23.6 Å². The van der Waals surface area contributed by atoms with Gasteiger partial charge < -0.3 is 29.2 Å². The van der Waals surface area contributed by atoms with Crippen molar-refractivity contribution in [3.63, 3.8) is 0 Å². The van der Waals surface area contributed by atoms with Gasteiger partial charge in [-0.3, -0.25) is 9.59 Å². The van der Waals surface area contributed by atoms with Crippen molar-refractivity contribution >= 4 is 17.5 Å². The van der Waals surface area contributed by atoms with Crippen LogP contribution in [0.25, 0.3) is 0 Å². The van der Waals surface area contributed by atoms with Gasteiger partial charge in [-0.15, -0.1) is 0 Å². The summed E-state index contributed by atoms with van der Waals surface area (Å²) in [6.45, 7) is 2.37. The first-order valence-corrected chi connectivity index (χ1v) is 11.6. The summed E-state index contributed by atoms with van der Waals surface area (Å²) in [6.07, 6.45) is -0.423. The minimum atomic E-state index is -0.654. The summed E-state index contributed by atoms with van der Waals surface area (Å²) in [5.41, 5.74) is 3.14. The number of rotatable bonds is 8. The number of hydrogen-bond acceptors (Lipinski definition) is 6. The number of nitrogens with one attached hydrogen (secondary N) is 1. The smallest absolute Gasteiger partial charge is 0.263 e. The summed E-state index contributed by atoms with van der Waals surface area (Å²) < 4.78 is 22.1. The number of fused-ring (bicyclic) bond motifs is 1. The molecule has 36 heavy (non-hydrogen) atoms. The molecule has 8 heteroatoms. The second-order valence-corrected chi connectivity index (χ2v) is 8.50. The van der Waals surface area contributed by atoms with Crippen LogP contribution in [0.5, 0.6) is 23.0 Å². The first kappa shape index (κ1) is 24.9. The predicted molar refractivity (Wildman–Crippen MR) is 136 cm³/mol. The second kappa shape index (κ2) is 11.0. The third-order valence-corrected chi connectivity index (χ3v) is 6.04. The fourth-order valence-corrected chi connectivity index (χ4v) is 4.23. The molecule has 0 radical (unpaired) electrons. The highest BCUT2D eigenvalue weighted by molar-refractivity contribution is 5.92. The maximum Gasteiger partial charge on any atom is 0.263 e. The van der Waals surface area contributed by atoms with E-state index < -0.39 is 6.10 Å². The molecule has 3 aromatic rings. The normalized spacial score (nSPS) is 14.8. The molecular weight excluding hydrogens is 460 g/mol. The van der Waals surface area contributed by atoms with Crippen LogP contribution in [0.2, 0.25) is 0 Å². The van der Waals surface area contributed by atoms with Crippen LogP contribution in [0, 0.1) is 0 Å². The minimum Gasteiger partial charge on any atom is -0.497 e. The SMILES string of the molecule is COc1ccc(CC(=O)Nc2ccc3c(c2)CN(Cc2cccc(OC)c2OC)C(=O)C(C)O3)cc1. The van der Waals surface area contributed by atoms with Crippen LogP contribution in [-0.4, -0.2) is 44.1 Å². The van der Waals surface area contributed by atoms with Crippen molar-refractivity contribution in [2.75, 3.05) is 26.6 Å². The lowest BCUT2D eigenvalue weighted by Gasteiger charge is -2.24. The number of ether oxygens (including phenoxy) is 4. The van der Waals surface area contributed by atoms with Crippen molar-refractivity contribution in [1.29, 1.82) is 0 Å². The number of para-hydroxylation sites is 1. The molecule has 4 rings (SSSR count). The Bertz CT molecular complexity index is 1240. The molecule has 0 bridgehead atoms. The van der Waals surface area contributed by atoms with Crippen molar-refractivity contribution in [1.82, 2.24) is 4.90 Å². The minimum absolute atomic E-state index is 0.138. The lowest BCUT2D eigenvalue weighted by atomic mass is 10.1. The van der Waals surface area contributed by atoms with Crippen LogP contribution in [0.4, 0.5) is 5.69 Å². The Morgan fingerprint density at radius 2 is 1.81 bits per heavy atom. The molecule has 1 heterocycles. The summed E-state index contributed by atoms with van der Waals surface area (Å²) >= 11 is 0. The zero-order valence-corrected chi connectivity index (χ0v) is 20.9. The fraction of sp³-hybridized carbons (Fsp3) is 0.286. The molecule has 188 valence electrons. The predicted octanol–water partition coefficient (Wildman–Crippen LogP) is 4.20. The summed E-state index contributed by atoms with van der Waals surface area (Å²) in [6, 6.07) is 18.4. The first-order valence-electron chi connectivity index (χ1n) is 11.6. The third kappa shape index (κ3) is 5.54. The molecule has 3 aromatic carbocycles. The Labute approximate surface area is 210 Å². The molecule has 0 fully saturated rings. The topological polar surface area (TPSA) is 86.3 Å². The first-order chi connectivity index (χ1) is 17.4. The van der Waals surface area contributed by atoms with E-state index in [4.69, 9.17) is 18.9 Å². The van der Waals surface area contributed by atoms with Crippen molar-refractivity contribution in [3.05, 3.63) is 77.4 Å². The van der Waals surface area contributed by atoms with E-state index in [2.05, 4.69) is 5.32 Å². The zero-order valence-electron chi connectivity index (χ0n) is 20.9. The average Bonchev–Trinajstić information content (AvgIpc) is 3.00. The molecule has 0 saturated heterocycles. The molecule has 0 spiro atoms. The number of carbonyl (C=O) groups excluding carboxylic acids is 2. The monoisotopic (exact) mass is 490 g/mol. The fourth-order valence-electron chi connectivity index (χ4n) is 4.23. The van der Waals surface area contributed by atoms with Gasteiger partial charge in [-0.25, -0.2) is 0 Å². The van der Waals surface area contributed by atoms with Crippen LogP contribution < -0.4 is 24.3 Å². The summed E-state index contributed by atoms with van der Waals surface area (Å²) in [4.78, 5) is 27.5. The Hall–Kier alpha value is -4.20. The van der Waals surface area contributed by atoms with Gasteiger partial charge in [0.25, 0.3) is 5.91 Å². The summed E-state index contributed by atoms with van der Waals surface area (Å²) in [5.74, 6) is 2.27. The molecule has 1 atom stereocenters. The number of benzene rings is 3. The summed E-state index contributed by atoms with van der Waals surface area (Å²) in [7, 11) is 4.76. The van der Waals surface area contributed by atoms with E-state index in [0.717, 1.165) is 22.4 Å². The zero-order chi connectivity index (χ0) is 25.7. The lowest BCUT2D eigenvalue weighted by Crippen LogP contribution is -2.37. The van der Waals surface area contributed by atoms with Gasteiger partial charge in [-0.2, -0.15) is 0 Å². The van der Waals surface area contributed by atoms with Crippen molar-refractivity contribution in [3.8, 4) is 23.0 Å². The molecule has 0 aromatic heterocycles. The summed E-state index contributed by atoms with van der Waals surface area (Å²) in [5, 5.41) is 2.94.